The smallest absolute Gasteiger partial charge is 0.274 e. The van der Waals surface area contributed by atoms with E-state index < -0.39 is 5.60 Å². The van der Waals surface area contributed by atoms with Crippen molar-refractivity contribution < 1.29 is 9.90 Å². The lowest BCUT2D eigenvalue weighted by molar-refractivity contribution is -0.0959. The topological polar surface area (TPSA) is 53.4 Å². The van der Waals surface area contributed by atoms with Crippen LogP contribution in [-0.4, -0.2) is 39.6 Å². The van der Waals surface area contributed by atoms with E-state index in [0.717, 1.165) is 12.8 Å². The van der Waals surface area contributed by atoms with Crippen molar-refractivity contribution >= 4 is 40.7 Å². The van der Waals surface area contributed by atoms with Crippen molar-refractivity contribution in [1.82, 2.24) is 9.88 Å². The quantitative estimate of drug-likeness (QED) is 0.911. The predicted molar refractivity (Wildman–Crippen MR) is 72.8 cm³/mol. The average Bonchev–Trinajstić information content (AvgIpc) is 3.16. The van der Waals surface area contributed by atoms with Crippen LogP contribution in [0.3, 0.4) is 0 Å². The summed E-state index contributed by atoms with van der Waals surface area (Å²) in [6.45, 7) is 0.656. The maximum Gasteiger partial charge on any atom is 0.274 e. The fourth-order valence-electron chi connectivity index (χ4n) is 2.38. The summed E-state index contributed by atoms with van der Waals surface area (Å²) in [5, 5.41) is 10.6. The van der Waals surface area contributed by atoms with Gasteiger partial charge in [-0.2, -0.15) is 0 Å². The van der Waals surface area contributed by atoms with E-state index in [9.17, 15) is 9.90 Å². The van der Waals surface area contributed by atoms with Crippen LogP contribution in [0, 0.1) is 5.92 Å². The number of carbonyl (C=O) groups excluding carboxylic acids is 1. The van der Waals surface area contributed by atoms with Gasteiger partial charge in [0.25, 0.3) is 5.91 Å². The Bertz CT molecular complexity index is 554. The van der Waals surface area contributed by atoms with E-state index >= 15 is 0 Å². The number of β-amino-alcohol motifs (C(OH)–C–C–N with tert-alkyl or cyclic N) is 1. The molecule has 3 rings (SSSR count). The molecule has 2 fully saturated rings. The van der Waals surface area contributed by atoms with Gasteiger partial charge >= 0.3 is 0 Å². The number of halogens is 3. The predicted octanol–water partition coefficient (Wildman–Crippen LogP) is 2.64. The van der Waals surface area contributed by atoms with Gasteiger partial charge in [0.15, 0.2) is 0 Å². The molecule has 4 nitrogen and oxygen atoms in total. The molecule has 0 spiro atoms. The van der Waals surface area contributed by atoms with Crippen LogP contribution in [0.1, 0.15) is 23.3 Å². The molecule has 0 unspecified atom stereocenters. The highest BCUT2D eigenvalue weighted by Crippen LogP contribution is 2.45. The number of rotatable bonds is 2. The third-order valence-corrected chi connectivity index (χ3v) is 4.91. The lowest BCUT2D eigenvalue weighted by Crippen LogP contribution is -2.64. The molecule has 0 radical (unpaired) electrons. The second kappa shape index (κ2) is 4.48. The summed E-state index contributed by atoms with van der Waals surface area (Å²) in [5.74, 6) is 0.00248. The number of likely N-dealkylation sites (tertiary alicyclic amines) is 1. The number of nitrogens with zero attached hydrogens (tertiary/aromatic N) is 2. The third-order valence-electron chi connectivity index (χ3n) is 3.67. The van der Waals surface area contributed by atoms with E-state index in [4.69, 9.17) is 34.8 Å². The molecule has 1 aromatic heterocycles. The molecule has 0 aromatic carbocycles. The van der Waals surface area contributed by atoms with Crippen LogP contribution in [0.25, 0.3) is 0 Å². The zero-order valence-electron chi connectivity index (χ0n) is 9.87. The number of pyridine rings is 1. The zero-order valence-corrected chi connectivity index (χ0v) is 12.1. The molecule has 102 valence electrons. The maximum atomic E-state index is 12.2. The van der Waals surface area contributed by atoms with Crippen molar-refractivity contribution in [1.29, 1.82) is 0 Å². The minimum Gasteiger partial charge on any atom is -0.386 e. The fraction of sp³-hybridized carbons (Fsp3) is 0.500. The van der Waals surface area contributed by atoms with Gasteiger partial charge in [-0.15, -0.1) is 0 Å². The van der Waals surface area contributed by atoms with Gasteiger partial charge in [0, 0.05) is 6.20 Å². The normalized spacial score (nSPS) is 21.2. The molecule has 0 atom stereocenters. The van der Waals surface area contributed by atoms with Crippen molar-refractivity contribution in [3.8, 4) is 0 Å². The van der Waals surface area contributed by atoms with Crippen LogP contribution in [0.4, 0.5) is 0 Å². The first kappa shape index (κ1) is 13.4. The SMILES string of the molecule is O=C(c1ncc(Cl)c(Cl)c1Cl)N1CC(O)(C2CC2)C1. The Morgan fingerprint density at radius 3 is 2.53 bits per heavy atom. The monoisotopic (exact) mass is 320 g/mol. The molecular weight excluding hydrogens is 311 g/mol. The number of carbonyl (C=O) groups is 1. The highest BCUT2D eigenvalue weighted by atomic mass is 35.5. The molecule has 1 saturated heterocycles. The Hall–Kier alpha value is -0.550. The van der Waals surface area contributed by atoms with Crippen molar-refractivity contribution in [3.63, 3.8) is 0 Å². The molecule has 1 aliphatic carbocycles. The minimum atomic E-state index is -0.724. The number of aliphatic hydroxyl groups is 1. The summed E-state index contributed by atoms with van der Waals surface area (Å²) in [6, 6.07) is 0. The molecule has 1 aromatic rings. The Kier molecular flexibility index (Phi) is 3.17. The van der Waals surface area contributed by atoms with Crippen LogP contribution < -0.4 is 0 Å². The first-order valence-corrected chi connectivity index (χ1v) is 7.07. The summed E-state index contributed by atoms with van der Waals surface area (Å²) in [4.78, 5) is 17.7. The standard InChI is InChI=1S/C12H11Cl3N2O2/c13-7-3-16-10(9(15)8(7)14)11(18)17-4-12(19,5-17)6-1-2-6/h3,6,19H,1-2,4-5H2. The summed E-state index contributed by atoms with van der Waals surface area (Å²) >= 11 is 17.6. The van der Waals surface area contributed by atoms with Gasteiger partial charge < -0.3 is 10.0 Å². The van der Waals surface area contributed by atoms with Gasteiger partial charge in [0.2, 0.25) is 0 Å². The Balaban J connectivity index is 1.77. The summed E-state index contributed by atoms with van der Waals surface area (Å²) in [5.41, 5.74) is -0.646. The molecule has 1 amide bonds. The molecule has 1 saturated carbocycles. The Morgan fingerprint density at radius 2 is 1.95 bits per heavy atom. The first-order chi connectivity index (χ1) is 8.92. The van der Waals surface area contributed by atoms with Crippen LogP contribution in [0.5, 0.6) is 0 Å². The van der Waals surface area contributed by atoms with Gasteiger partial charge in [-0.25, -0.2) is 4.98 Å². The summed E-state index contributed by atoms with van der Waals surface area (Å²) < 4.78 is 0. The third kappa shape index (κ3) is 2.21. The van der Waals surface area contributed by atoms with Crippen LogP contribution >= 0.6 is 34.8 Å². The molecule has 2 aliphatic rings. The van der Waals surface area contributed by atoms with Gasteiger partial charge in [-0.3, -0.25) is 4.79 Å². The second-order valence-electron chi connectivity index (χ2n) is 5.12. The van der Waals surface area contributed by atoms with E-state index in [-0.39, 0.29) is 26.7 Å². The number of aromatic nitrogens is 1. The van der Waals surface area contributed by atoms with E-state index in [2.05, 4.69) is 4.98 Å². The summed E-state index contributed by atoms with van der Waals surface area (Å²) in [6.07, 6.45) is 3.37. The first-order valence-electron chi connectivity index (χ1n) is 5.93. The lowest BCUT2D eigenvalue weighted by Gasteiger charge is -2.46. The maximum absolute atomic E-state index is 12.2. The van der Waals surface area contributed by atoms with Crippen LogP contribution in [0.15, 0.2) is 6.20 Å². The molecule has 19 heavy (non-hydrogen) atoms. The minimum absolute atomic E-state index is 0.0565. The van der Waals surface area contributed by atoms with Gasteiger partial charge in [-0.1, -0.05) is 34.8 Å². The van der Waals surface area contributed by atoms with Gasteiger partial charge in [0.1, 0.15) is 11.3 Å². The second-order valence-corrected chi connectivity index (χ2v) is 6.28. The molecule has 2 heterocycles. The largest absolute Gasteiger partial charge is 0.386 e. The van der Waals surface area contributed by atoms with Crippen molar-refractivity contribution in [2.75, 3.05) is 13.1 Å². The Morgan fingerprint density at radius 1 is 1.32 bits per heavy atom. The zero-order chi connectivity index (χ0) is 13.8. The summed E-state index contributed by atoms with van der Waals surface area (Å²) in [7, 11) is 0. The van der Waals surface area contributed by atoms with Crippen LogP contribution in [-0.2, 0) is 0 Å². The van der Waals surface area contributed by atoms with E-state index in [0.29, 0.717) is 19.0 Å². The highest BCUT2D eigenvalue weighted by molar-refractivity contribution is 6.48. The van der Waals surface area contributed by atoms with E-state index in [1.165, 1.54) is 11.1 Å². The van der Waals surface area contributed by atoms with Gasteiger partial charge in [-0.05, 0) is 18.8 Å². The average molecular weight is 322 g/mol. The van der Waals surface area contributed by atoms with Crippen molar-refractivity contribution in [2.45, 2.75) is 18.4 Å². The van der Waals surface area contributed by atoms with Gasteiger partial charge in [0.05, 0.1) is 28.2 Å². The number of hydrogen-bond donors (Lipinski definition) is 1. The number of amides is 1. The van der Waals surface area contributed by atoms with Crippen LogP contribution in [0.2, 0.25) is 15.1 Å². The molecule has 7 heteroatoms. The molecule has 0 bridgehead atoms. The van der Waals surface area contributed by atoms with E-state index in [1.54, 1.807) is 0 Å². The molecule has 1 aliphatic heterocycles. The van der Waals surface area contributed by atoms with Crippen molar-refractivity contribution in [2.24, 2.45) is 5.92 Å². The molecular formula is C12H11Cl3N2O2. The lowest BCUT2D eigenvalue weighted by atomic mass is 9.88. The fourth-order valence-corrected chi connectivity index (χ4v) is 2.94. The van der Waals surface area contributed by atoms with E-state index in [1.807, 2.05) is 0 Å². The molecule has 1 N–H and O–H groups in total. The van der Waals surface area contributed by atoms with Crippen molar-refractivity contribution in [3.05, 3.63) is 27.0 Å². The highest BCUT2D eigenvalue weighted by Gasteiger charge is 2.53. The Labute approximate surface area is 125 Å². The number of hydrogen-bond acceptors (Lipinski definition) is 3.